The molecule has 146 valence electrons. The second-order valence-electron chi connectivity index (χ2n) is 6.19. The Labute approximate surface area is 167 Å². The number of nitrogens with one attached hydrogen (secondary N) is 1. The number of hydrogen-bond acceptors (Lipinski definition) is 4. The zero-order valence-corrected chi connectivity index (χ0v) is 16.1. The van der Waals surface area contributed by atoms with Crippen LogP contribution in [0.25, 0.3) is 0 Å². The molecule has 0 atom stereocenters. The number of anilines is 1. The van der Waals surface area contributed by atoms with Gasteiger partial charge in [-0.25, -0.2) is 0 Å². The predicted octanol–water partition coefficient (Wildman–Crippen LogP) is 2.76. The average molecular weight is 402 g/mol. The summed E-state index contributed by atoms with van der Waals surface area (Å²) in [5, 5.41) is 3.18. The molecular weight excluding hydrogens is 382 g/mol. The molecule has 1 fully saturated rings. The third-order valence-corrected chi connectivity index (χ3v) is 4.64. The van der Waals surface area contributed by atoms with Gasteiger partial charge in [0.1, 0.15) is 12.3 Å². The van der Waals surface area contributed by atoms with Gasteiger partial charge in [0.2, 0.25) is 5.91 Å². The monoisotopic (exact) mass is 401 g/mol. The molecular formula is C20H20ClN3O4. The van der Waals surface area contributed by atoms with E-state index in [0.717, 1.165) is 0 Å². The van der Waals surface area contributed by atoms with Crippen LogP contribution < -0.4 is 10.1 Å². The quantitative estimate of drug-likeness (QED) is 0.755. The van der Waals surface area contributed by atoms with E-state index in [9.17, 15) is 14.4 Å². The van der Waals surface area contributed by atoms with Gasteiger partial charge in [-0.3, -0.25) is 14.4 Å². The highest BCUT2D eigenvalue weighted by Gasteiger charge is 2.32. The van der Waals surface area contributed by atoms with E-state index in [2.05, 4.69) is 5.32 Å². The number of ether oxygens (including phenoxy) is 1. The van der Waals surface area contributed by atoms with Gasteiger partial charge < -0.3 is 19.9 Å². The van der Waals surface area contributed by atoms with Gasteiger partial charge in [0, 0.05) is 19.6 Å². The molecule has 2 aromatic rings. The fourth-order valence-electron chi connectivity index (χ4n) is 2.84. The molecule has 0 aliphatic carbocycles. The Morgan fingerprint density at radius 3 is 2.32 bits per heavy atom. The van der Waals surface area contributed by atoms with E-state index in [4.69, 9.17) is 16.3 Å². The van der Waals surface area contributed by atoms with Crippen LogP contribution in [0.1, 0.15) is 6.92 Å². The minimum atomic E-state index is -0.663. The summed E-state index contributed by atoms with van der Waals surface area (Å²) in [6, 6.07) is 13.9. The molecule has 0 radical (unpaired) electrons. The van der Waals surface area contributed by atoms with Crippen LogP contribution in [0.2, 0.25) is 5.02 Å². The molecule has 0 unspecified atom stereocenters. The predicted molar refractivity (Wildman–Crippen MR) is 105 cm³/mol. The molecule has 7 nitrogen and oxygen atoms in total. The van der Waals surface area contributed by atoms with Crippen LogP contribution in [0, 0.1) is 0 Å². The van der Waals surface area contributed by atoms with Gasteiger partial charge in [-0.2, -0.15) is 0 Å². The third kappa shape index (κ3) is 4.43. The molecule has 0 saturated carbocycles. The number of halogens is 1. The average Bonchev–Trinajstić information content (AvgIpc) is 2.69. The number of likely N-dealkylation sites (N-methyl/N-ethyl adjacent to an activating group) is 1. The van der Waals surface area contributed by atoms with E-state index in [1.54, 1.807) is 48.5 Å². The number of amides is 3. The number of carbonyl (C=O) groups is 3. The van der Waals surface area contributed by atoms with Crippen LogP contribution in [0.5, 0.6) is 11.5 Å². The molecule has 28 heavy (non-hydrogen) atoms. The maximum Gasteiger partial charge on any atom is 0.312 e. The summed E-state index contributed by atoms with van der Waals surface area (Å²) in [4.78, 5) is 39.3. The Morgan fingerprint density at radius 2 is 1.61 bits per heavy atom. The fraction of sp³-hybridized carbons (Fsp3) is 0.250. The fourth-order valence-corrected chi connectivity index (χ4v) is 3.01. The first-order valence-electron chi connectivity index (χ1n) is 8.89. The van der Waals surface area contributed by atoms with Crippen molar-refractivity contribution in [2.75, 3.05) is 31.5 Å². The van der Waals surface area contributed by atoms with Crippen LogP contribution in [0.3, 0.4) is 0 Å². The summed E-state index contributed by atoms with van der Waals surface area (Å²) in [6.07, 6.45) is 0. The van der Waals surface area contributed by atoms with Gasteiger partial charge in [0.15, 0.2) is 5.75 Å². The van der Waals surface area contributed by atoms with Gasteiger partial charge in [0.25, 0.3) is 0 Å². The van der Waals surface area contributed by atoms with Crippen molar-refractivity contribution in [2.45, 2.75) is 6.92 Å². The molecule has 1 aliphatic heterocycles. The van der Waals surface area contributed by atoms with Crippen LogP contribution in [-0.4, -0.2) is 53.7 Å². The number of para-hydroxylation sites is 3. The van der Waals surface area contributed by atoms with Crippen molar-refractivity contribution >= 4 is 35.0 Å². The zero-order chi connectivity index (χ0) is 20.1. The molecule has 0 spiro atoms. The lowest BCUT2D eigenvalue weighted by Gasteiger charge is -2.32. The lowest BCUT2D eigenvalue weighted by molar-refractivity contribution is -0.156. The normalized spacial score (nSPS) is 14.2. The van der Waals surface area contributed by atoms with Crippen molar-refractivity contribution in [3.05, 3.63) is 53.6 Å². The number of rotatable bonds is 6. The minimum absolute atomic E-state index is 0.206. The number of hydrogen-bond donors (Lipinski definition) is 1. The lowest BCUT2D eigenvalue weighted by Crippen LogP contribution is -2.55. The van der Waals surface area contributed by atoms with Crippen molar-refractivity contribution in [1.82, 2.24) is 9.80 Å². The second-order valence-corrected chi connectivity index (χ2v) is 6.60. The Balaban J connectivity index is 1.67. The van der Waals surface area contributed by atoms with E-state index in [1.807, 2.05) is 6.92 Å². The van der Waals surface area contributed by atoms with Crippen LogP contribution >= 0.6 is 11.6 Å². The van der Waals surface area contributed by atoms with Crippen molar-refractivity contribution < 1.29 is 19.1 Å². The number of carbonyl (C=O) groups excluding carboxylic acids is 3. The Bertz CT molecular complexity index is 903. The maximum atomic E-state index is 12.4. The van der Waals surface area contributed by atoms with Crippen molar-refractivity contribution in [2.24, 2.45) is 0 Å². The highest BCUT2D eigenvalue weighted by molar-refractivity contribution is 6.35. The van der Waals surface area contributed by atoms with Crippen LogP contribution in [0.15, 0.2) is 48.5 Å². The van der Waals surface area contributed by atoms with E-state index < -0.39 is 17.7 Å². The van der Waals surface area contributed by atoms with Gasteiger partial charge >= 0.3 is 11.8 Å². The van der Waals surface area contributed by atoms with Gasteiger partial charge in [0.05, 0.1) is 10.7 Å². The smallest absolute Gasteiger partial charge is 0.312 e. The summed E-state index contributed by atoms with van der Waals surface area (Å²) in [6.45, 7) is 2.81. The highest BCUT2D eigenvalue weighted by Crippen LogP contribution is 2.33. The minimum Gasteiger partial charge on any atom is -0.454 e. The molecule has 1 heterocycles. The largest absolute Gasteiger partial charge is 0.454 e. The molecule has 1 N–H and O–H groups in total. The first kappa shape index (κ1) is 19.7. The first-order chi connectivity index (χ1) is 13.5. The second kappa shape index (κ2) is 8.75. The maximum absolute atomic E-state index is 12.4. The lowest BCUT2D eigenvalue weighted by atomic mass is 10.2. The topological polar surface area (TPSA) is 79.0 Å². The molecule has 1 saturated heterocycles. The Kier molecular flexibility index (Phi) is 6.16. The third-order valence-electron chi connectivity index (χ3n) is 4.33. The zero-order valence-electron chi connectivity index (χ0n) is 15.4. The SMILES string of the molecule is CCN1CCN(CC(=O)Nc2ccccc2Oc2ccccc2Cl)C(=O)C1=O. The van der Waals surface area contributed by atoms with Crippen LogP contribution in [-0.2, 0) is 14.4 Å². The molecule has 3 rings (SSSR count). The van der Waals surface area contributed by atoms with E-state index in [0.29, 0.717) is 41.8 Å². The summed E-state index contributed by atoms with van der Waals surface area (Å²) in [5.41, 5.74) is 0.443. The van der Waals surface area contributed by atoms with Gasteiger partial charge in [-0.05, 0) is 31.2 Å². The standard InChI is InChI=1S/C20H20ClN3O4/c1-2-23-11-12-24(20(27)19(23)26)13-18(25)22-15-8-4-6-10-17(15)28-16-9-5-3-7-14(16)21/h3-10H,2,11-13H2,1H3,(H,22,25). The van der Waals surface area contributed by atoms with E-state index >= 15 is 0 Å². The van der Waals surface area contributed by atoms with Gasteiger partial charge in [-0.1, -0.05) is 35.9 Å². The molecule has 0 aromatic heterocycles. The Hall–Kier alpha value is -3.06. The highest BCUT2D eigenvalue weighted by atomic mass is 35.5. The first-order valence-corrected chi connectivity index (χ1v) is 9.27. The number of benzene rings is 2. The van der Waals surface area contributed by atoms with Crippen molar-refractivity contribution in [3.63, 3.8) is 0 Å². The summed E-state index contributed by atoms with van der Waals surface area (Å²) < 4.78 is 5.81. The van der Waals surface area contributed by atoms with E-state index in [-0.39, 0.29) is 6.54 Å². The van der Waals surface area contributed by atoms with Crippen molar-refractivity contribution in [3.8, 4) is 11.5 Å². The molecule has 8 heteroatoms. The molecule has 0 bridgehead atoms. The van der Waals surface area contributed by atoms with Gasteiger partial charge in [-0.15, -0.1) is 0 Å². The summed E-state index contributed by atoms with van der Waals surface area (Å²) in [7, 11) is 0. The van der Waals surface area contributed by atoms with Crippen molar-refractivity contribution in [1.29, 1.82) is 0 Å². The van der Waals surface area contributed by atoms with E-state index in [1.165, 1.54) is 9.80 Å². The molecule has 2 aromatic carbocycles. The summed E-state index contributed by atoms with van der Waals surface area (Å²) in [5.74, 6) is -0.779. The van der Waals surface area contributed by atoms with Crippen LogP contribution in [0.4, 0.5) is 5.69 Å². The molecule has 1 aliphatic rings. The number of nitrogens with zero attached hydrogens (tertiary/aromatic N) is 2. The Morgan fingerprint density at radius 1 is 1.00 bits per heavy atom. The molecule has 3 amide bonds. The summed E-state index contributed by atoms with van der Waals surface area (Å²) >= 11 is 6.12. The number of piperazine rings is 1.